The summed E-state index contributed by atoms with van der Waals surface area (Å²) in [5, 5.41) is 3.11. The summed E-state index contributed by atoms with van der Waals surface area (Å²) in [6.45, 7) is 0. The molecule has 1 aromatic rings. The largest absolute Gasteiger partial charge is 0.349 e. The molecule has 4 heteroatoms. The van der Waals surface area contributed by atoms with Crippen LogP contribution in [0.4, 0.5) is 0 Å². The third-order valence-electron chi connectivity index (χ3n) is 3.11. The van der Waals surface area contributed by atoms with E-state index in [1.807, 2.05) is 24.3 Å². The minimum Gasteiger partial charge on any atom is -0.349 e. The lowest BCUT2D eigenvalue weighted by Gasteiger charge is -2.26. The summed E-state index contributed by atoms with van der Waals surface area (Å²) in [7, 11) is 0. The van der Waals surface area contributed by atoms with Gasteiger partial charge >= 0.3 is 0 Å². The van der Waals surface area contributed by atoms with Crippen molar-refractivity contribution in [2.75, 3.05) is 0 Å². The van der Waals surface area contributed by atoms with Gasteiger partial charge in [0.2, 0.25) is 0 Å². The standard InChI is InChI=1S/C13H15Br2NO/c14-9-5-7-10(8-6-9)16-13(17)11-3-1-2-4-12(11)15/h1-4,9-10H,5-8H2,(H,16,17). The van der Waals surface area contributed by atoms with E-state index in [0.717, 1.165) is 30.2 Å². The Morgan fingerprint density at radius 1 is 1.18 bits per heavy atom. The average Bonchev–Trinajstić information content (AvgIpc) is 2.32. The number of hydrogen-bond acceptors (Lipinski definition) is 1. The van der Waals surface area contributed by atoms with E-state index in [1.165, 1.54) is 0 Å². The fourth-order valence-electron chi connectivity index (χ4n) is 2.11. The summed E-state index contributed by atoms with van der Waals surface area (Å²) in [5.74, 6) is 0.0236. The Morgan fingerprint density at radius 2 is 1.82 bits per heavy atom. The SMILES string of the molecule is O=C(NC1CCC(Br)CC1)c1ccccc1Br. The maximum atomic E-state index is 12.1. The molecule has 1 aliphatic carbocycles. The van der Waals surface area contributed by atoms with Crippen molar-refractivity contribution >= 4 is 37.8 Å². The van der Waals surface area contributed by atoms with Crippen molar-refractivity contribution in [3.8, 4) is 0 Å². The summed E-state index contributed by atoms with van der Waals surface area (Å²) in [6.07, 6.45) is 4.40. The molecule has 1 aliphatic rings. The van der Waals surface area contributed by atoms with Crippen molar-refractivity contribution in [3.05, 3.63) is 34.3 Å². The number of rotatable bonds is 2. The van der Waals surface area contributed by atoms with Gasteiger partial charge in [-0.25, -0.2) is 0 Å². The molecule has 1 amide bonds. The van der Waals surface area contributed by atoms with Crippen molar-refractivity contribution in [1.29, 1.82) is 0 Å². The van der Waals surface area contributed by atoms with E-state index in [0.29, 0.717) is 16.4 Å². The molecule has 0 radical (unpaired) electrons. The smallest absolute Gasteiger partial charge is 0.252 e. The lowest BCUT2D eigenvalue weighted by Crippen LogP contribution is -2.37. The van der Waals surface area contributed by atoms with Gasteiger partial charge in [0.1, 0.15) is 0 Å². The molecule has 1 N–H and O–H groups in total. The van der Waals surface area contributed by atoms with E-state index in [-0.39, 0.29) is 5.91 Å². The average molecular weight is 361 g/mol. The van der Waals surface area contributed by atoms with E-state index in [9.17, 15) is 4.79 Å². The monoisotopic (exact) mass is 359 g/mol. The van der Waals surface area contributed by atoms with Crippen LogP contribution in [0, 0.1) is 0 Å². The van der Waals surface area contributed by atoms with E-state index in [4.69, 9.17) is 0 Å². The van der Waals surface area contributed by atoms with Crippen LogP contribution in [0.3, 0.4) is 0 Å². The lowest BCUT2D eigenvalue weighted by molar-refractivity contribution is 0.0927. The maximum Gasteiger partial charge on any atom is 0.252 e. The van der Waals surface area contributed by atoms with Crippen LogP contribution in [0.1, 0.15) is 36.0 Å². The maximum absolute atomic E-state index is 12.1. The number of alkyl halides is 1. The Hall–Kier alpha value is -0.350. The molecule has 0 heterocycles. The minimum atomic E-state index is 0.0236. The Kier molecular flexibility index (Phi) is 4.62. The molecule has 0 aliphatic heterocycles. The van der Waals surface area contributed by atoms with Gasteiger partial charge in [0.25, 0.3) is 5.91 Å². The first-order chi connectivity index (χ1) is 8.16. The summed E-state index contributed by atoms with van der Waals surface area (Å²) in [4.78, 5) is 12.7. The fourth-order valence-corrected chi connectivity index (χ4v) is 3.10. The zero-order chi connectivity index (χ0) is 12.3. The predicted octanol–water partition coefficient (Wildman–Crippen LogP) is 3.89. The highest BCUT2D eigenvalue weighted by atomic mass is 79.9. The molecular formula is C13H15Br2NO. The topological polar surface area (TPSA) is 29.1 Å². The van der Waals surface area contributed by atoms with Gasteiger partial charge in [0, 0.05) is 15.3 Å². The zero-order valence-electron chi connectivity index (χ0n) is 9.46. The van der Waals surface area contributed by atoms with Crippen molar-refractivity contribution in [2.24, 2.45) is 0 Å². The number of hydrogen-bond donors (Lipinski definition) is 1. The number of nitrogens with one attached hydrogen (secondary N) is 1. The Balaban J connectivity index is 1.96. The molecule has 1 aromatic carbocycles. The molecule has 2 rings (SSSR count). The van der Waals surface area contributed by atoms with Crippen LogP contribution in [0.15, 0.2) is 28.7 Å². The molecule has 1 fully saturated rings. The summed E-state index contributed by atoms with van der Waals surface area (Å²) in [5.41, 5.74) is 0.716. The highest BCUT2D eigenvalue weighted by Crippen LogP contribution is 2.25. The van der Waals surface area contributed by atoms with Gasteiger partial charge in [-0.2, -0.15) is 0 Å². The van der Waals surface area contributed by atoms with Crippen LogP contribution < -0.4 is 5.32 Å². The summed E-state index contributed by atoms with van der Waals surface area (Å²) >= 11 is 7.02. The first-order valence-corrected chi connectivity index (χ1v) is 7.57. The van der Waals surface area contributed by atoms with Crippen molar-refractivity contribution in [1.82, 2.24) is 5.32 Å². The first kappa shape index (κ1) is 13.1. The second kappa shape index (κ2) is 6.01. The number of benzene rings is 1. The quantitative estimate of drug-likeness (QED) is 0.796. The Labute approximate surface area is 118 Å². The molecule has 0 spiro atoms. The third-order valence-corrected chi connectivity index (χ3v) is 4.72. The predicted molar refractivity (Wildman–Crippen MR) is 76.6 cm³/mol. The Bertz CT molecular complexity index is 400. The summed E-state index contributed by atoms with van der Waals surface area (Å²) < 4.78 is 0.853. The number of halogens is 2. The van der Waals surface area contributed by atoms with Gasteiger partial charge in [-0.05, 0) is 53.7 Å². The van der Waals surface area contributed by atoms with E-state index < -0.39 is 0 Å². The zero-order valence-corrected chi connectivity index (χ0v) is 12.6. The molecule has 1 saturated carbocycles. The van der Waals surface area contributed by atoms with Crippen LogP contribution in [0.2, 0.25) is 0 Å². The lowest BCUT2D eigenvalue weighted by atomic mass is 9.95. The van der Waals surface area contributed by atoms with Crippen LogP contribution in [-0.4, -0.2) is 16.8 Å². The first-order valence-electron chi connectivity index (χ1n) is 5.86. The normalized spacial score (nSPS) is 24.4. The molecule has 0 aromatic heterocycles. The second-order valence-electron chi connectivity index (χ2n) is 4.40. The van der Waals surface area contributed by atoms with Gasteiger partial charge in [-0.1, -0.05) is 28.1 Å². The minimum absolute atomic E-state index is 0.0236. The fraction of sp³-hybridized carbons (Fsp3) is 0.462. The molecular weight excluding hydrogens is 346 g/mol. The molecule has 17 heavy (non-hydrogen) atoms. The number of amides is 1. The van der Waals surface area contributed by atoms with Crippen molar-refractivity contribution < 1.29 is 4.79 Å². The van der Waals surface area contributed by atoms with Crippen molar-refractivity contribution in [2.45, 2.75) is 36.6 Å². The molecule has 0 bridgehead atoms. The van der Waals surface area contributed by atoms with Crippen LogP contribution >= 0.6 is 31.9 Å². The van der Waals surface area contributed by atoms with Crippen molar-refractivity contribution in [3.63, 3.8) is 0 Å². The third kappa shape index (κ3) is 3.55. The molecule has 2 nitrogen and oxygen atoms in total. The molecule has 0 saturated heterocycles. The molecule has 0 unspecified atom stereocenters. The highest BCUT2D eigenvalue weighted by molar-refractivity contribution is 9.10. The highest BCUT2D eigenvalue weighted by Gasteiger charge is 2.21. The second-order valence-corrected chi connectivity index (χ2v) is 6.55. The molecule has 92 valence electrons. The van der Waals surface area contributed by atoms with Crippen LogP contribution in [0.5, 0.6) is 0 Å². The summed E-state index contributed by atoms with van der Waals surface area (Å²) in [6, 6.07) is 7.86. The van der Waals surface area contributed by atoms with Crippen LogP contribution in [0.25, 0.3) is 0 Å². The van der Waals surface area contributed by atoms with Gasteiger partial charge in [0.05, 0.1) is 5.56 Å². The van der Waals surface area contributed by atoms with E-state index >= 15 is 0 Å². The van der Waals surface area contributed by atoms with Gasteiger partial charge < -0.3 is 5.32 Å². The van der Waals surface area contributed by atoms with Gasteiger partial charge in [-0.15, -0.1) is 0 Å². The van der Waals surface area contributed by atoms with Crippen LogP contribution in [-0.2, 0) is 0 Å². The van der Waals surface area contributed by atoms with E-state index in [1.54, 1.807) is 0 Å². The van der Waals surface area contributed by atoms with Gasteiger partial charge in [0.15, 0.2) is 0 Å². The van der Waals surface area contributed by atoms with E-state index in [2.05, 4.69) is 37.2 Å². The Morgan fingerprint density at radius 3 is 2.47 bits per heavy atom. The number of carbonyl (C=O) groups excluding carboxylic acids is 1. The number of carbonyl (C=O) groups is 1. The van der Waals surface area contributed by atoms with Gasteiger partial charge in [-0.3, -0.25) is 4.79 Å². The molecule has 0 atom stereocenters.